The Balaban J connectivity index is 2.24. The zero-order valence-electron chi connectivity index (χ0n) is 13.9. The molecule has 0 spiro atoms. The van der Waals surface area contributed by atoms with E-state index in [1.807, 2.05) is 0 Å². The molecule has 0 aromatic heterocycles. The fourth-order valence-electron chi connectivity index (χ4n) is 2.46. The third-order valence-electron chi connectivity index (χ3n) is 3.81. The minimum atomic E-state index is -0.319. The third kappa shape index (κ3) is 7.17. The quantitative estimate of drug-likeness (QED) is 0.311. The minimum absolute atomic E-state index is 0.177. The number of hydrogen-bond donors (Lipinski definition) is 3. The lowest BCUT2D eigenvalue weighted by Gasteiger charge is -2.09. The van der Waals surface area contributed by atoms with Crippen LogP contribution in [0.25, 0.3) is 0 Å². The number of phenols is 1. The maximum atomic E-state index is 12.0. The SMILES string of the molecule is CCCCCCCCCCNC(=O)c1cccc(NC=O)c1O. The van der Waals surface area contributed by atoms with E-state index in [1.165, 1.54) is 44.6 Å². The van der Waals surface area contributed by atoms with Crippen molar-refractivity contribution in [3.63, 3.8) is 0 Å². The predicted molar refractivity (Wildman–Crippen MR) is 92.7 cm³/mol. The van der Waals surface area contributed by atoms with Crippen LogP contribution in [0.3, 0.4) is 0 Å². The molecule has 3 N–H and O–H groups in total. The number of unbranched alkanes of at least 4 members (excludes halogenated alkanes) is 7. The van der Waals surface area contributed by atoms with Crippen LogP contribution in [0.1, 0.15) is 68.6 Å². The standard InChI is InChI=1S/C18H28N2O3/c1-2-3-4-5-6-7-8-9-13-19-18(23)15-11-10-12-16(17(15)22)20-14-21/h10-12,14,22H,2-9,13H2,1H3,(H,19,23)(H,20,21). The van der Waals surface area contributed by atoms with E-state index in [4.69, 9.17) is 0 Å². The van der Waals surface area contributed by atoms with Crippen molar-refractivity contribution in [1.29, 1.82) is 0 Å². The first kappa shape index (κ1) is 19.0. The van der Waals surface area contributed by atoms with Gasteiger partial charge >= 0.3 is 0 Å². The molecule has 0 saturated heterocycles. The number of para-hydroxylation sites is 1. The smallest absolute Gasteiger partial charge is 0.255 e. The fraction of sp³-hybridized carbons (Fsp3) is 0.556. The highest BCUT2D eigenvalue weighted by atomic mass is 16.3. The number of nitrogens with one attached hydrogen (secondary N) is 2. The number of hydrogen-bond acceptors (Lipinski definition) is 3. The number of rotatable bonds is 12. The number of anilines is 1. The Labute approximate surface area is 138 Å². The van der Waals surface area contributed by atoms with Crippen molar-refractivity contribution in [2.45, 2.75) is 58.3 Å². The van der Waals surface area contributed by atoms with Gasteiger partial charge in [0.1, 0.15) is 0 Å². The van der Waals surface area contributed by atoms with Crippen LogP contribution in [0, 0.1) is 0 Å². The molecule has 0 aliphatic carbocycles. The topological polar surface area (TPSA) is 78.4 Å². The van der Waals surface area contributed by atoms with Crippen molar-refractivity contribution in [2.24, 2.45) is 0 Å². The monoisotopic (exact) mass is 320 g/mol. The molecular formula is C18H28N2O3. The number of aromatic hydroxyl groups is 1. The number of carbonyl (C=O) groups is 2. The van der Waals surface area contributed by atoms with Gasteiger partial charge in [-0.3, -0.25) is 9.59 Å². The lowest BCUT2D eigenvalue weighted by molar-refractivity contribution is -0.105. The average molecular weight is 320 g/mol. The van der Waals surface area contributed by atoms with Crippen LogP contribution in [0.2, 0.25) is 0 Å². The first-order chi connectivity index (χ1) is 11.2. The molecule has 1 aromatic rings. The summed E-state index contributed by atoms with van der Waals surface area (Å²) < 4.78 is 0. The van der Waals surface area contributed by atoms with Gasteiger partial charge in [0.05, 0.1) is 11.3 Å². The Bertz CT molecular complexity index is 489. The van der Waals surface area contributed by atoms with Crippen LogP contribution in [0.15, 0.2) is 18.2 Å². The summed E-state index contributed by atoms with van der Waals surface area (Å²) in [7, 11) is 0. The molecule has 0 unspecified atom stereocenters. The summed E-state index contributed by atoms with van der Waals surface area (Å²) >= 11 is 0. The van der Waals surface area contributed by atoms with Crippen molar-refractivity contribution in [3.05, 3.63) is 23.8 Å². The maximum absolute atomic E-state index is 12.0. The first-order valence-electron chi connectivity index (χ1n) is 8.51. The highest BCUT2D eigenvalue weighted by Gasteiger charge is 2.13. The van der Waals surface area contributed by atoms with Crippen molar-refractivity contribution in [1.82, 2.24) is 5.32 Å². The number of amides is 2. The maximum Gasteiger partial charge on any atom is 0.255 e. The molecule has 0 saturated carbocycles. The molecule has 23 heavy (non-hydrogen) atoms. The van der Waals surface area contributed by atoms with Crippen LogP contribution in [0.5, 0.6) is 5.75 Å². The van der Waals surface area contributed by atoms with Gasteiger partial charge in [0, 0.05) is 6.54 Å². The zero-order chi connectivity index (χ0) is 16.9. The van der Waals surface area contributed by atoms with E-state index in [2.05, 4.69) is 17.6 Å². The van der Waals surface area contributed by atoms with Gasteiger partial charge in [-0.25, -0.2) is 0 Å². The summed E-state index contributed by atoms with van der Waals surface area (Å²) in [6.45, 7) is 2.81. The molecule has 0 atom stereocenters. The van der Waals surface area contributed by atoms with E-state index in [0.29, 0.717) is 13.0 Å². The van der Waals surface area contributed by atoms with E-state index < -0.39 is 0 Å². The molecule has 0 radical (unpaired) electrons. The molecule has 5 heteroatoms. The number of phenolic OH excluding ortho intramolecular Hbond substituents is 1. The average Bonchev–Trinajstić information content (AvgIpc) is 2.55. The Morgan fingerprint density at radius 1 is 1.09 bits per heavy atom. The summed E-state index contributed by atoms with van der Waals surface area (Å²) in [5.41, 5.74) is 0.413. The molecule has 0 bridgehead atoms. The minimum Gasteiger partial charge on any atom is -0.505 e. The summed E-state index contributed by atoms with van der Waals surface area (Å²) in [5, 5.41) is 15.1. The van der Waals surface area contributed by atoms with Crippen LogP contribution < -0.4 is 10.6 Å². The molecule has 0 heterocycles. The van der Waals surface area contributed by atoms with E-state index in [1.54, 1.807) is 12.1 Å². The molecule has 5 nitrogen and oxygen atoms in total. The third-order valence-corrected chi connectivity index (χ3v) is 3.81. The summed E-state index contributed by atoms with van der Waals surface area (Å²) in [4.78, 5) is 22.5. The lowest BCUT2D eigenvalue weighted by atomic mass is 10.1. The van der Waals surface area contributed by atoms with Crippen LogP contribution in [-0.2, 0) is 4.79 Å². The van der Waals surface area contributed by atoms with Crippen LogP contribution in [0.4, 0.5) is 5.69 Å². The predicted octanol–water partition coefficient (Wildman–Crippen LogP) is 3.83. The largest absolute Gasteiger partial charge is 0.505 e. The summed E-state index contributed by atoms with van der Waals surface area (Å²) in [6, 6.07) is 4.70. The summed E-state index contributed by atoms with van der Waals surface area (Å²) in [5.74, 6) is -0.520. The molecule has 0 aliphatic rings. The Morgan fingerprint density at radius 3 is 2.39 bits per heavy atom. The van der Waals surface area contributed by atoms with Gasteiger partial charge in [0.25, 0.3) is 5.91 Å². The van der Waals surface area contributed by atoms with E-state index in [0.717, 1.165) is 12.8 Å². The second-order valence-electron chi connectivity index (χ2n) is 5.69. The highest BCUT2D eigenvalue weighted by molar-refractivity contribution is 5.99. The summed E-state index contributed by atoms with van der Waals surface area (Å²) in [6.07, 6.45) is 10.2. The molecule has 0 aliphatic heterocycles. The van der Waals surface area contributed by atoms with E-state index in [-0.39, 0.29) is 22.9 Å². The van der Waals surface area contributed by atoms with Gasteiger partial charge in [-0.2, -0.15) is 0 Å². The normalized spacial score (nSPS) is 10.3. The van der Waals surface area contributed by atoms with Crippen molar-refractivity contribution in [2.75, 3.05) is 11.9 Å². The number of benzene rings is 1. The van der Waals surface area contributed by atoms with Crippen LogP contribution in [-0.4, -0.2) is 24.0 Å². The van der Waals surface area contributed by atoms with Crippen LogP contribution >= 0.6 is 0 Å². The molecular weight excluding hydrogens is 292 g/mol. The van der Waals surface area contributed by atoms with Gasteiger partial charge in [-0.15, -0.1) is 0 Å². The van der Waals surface area contributed by atoms with Gasteiger partial charge < -0.3 is 15.7 Å². The molecule has 0 fully saturated rings. The van der Waals surface area contributed by atoms with Crippen molar-refractivity contribution < 1.29 is 14.7 Å². The van der Waals surface area contributed by atoms with E-state index in [9.17, 15) is 14.7 Å². The second kappa shape index (κ2) is 11.5. The Hall–Kier alpha value is -2.04. The highest BCUT2D eigenvalue weighted by Crippen LogP contribution is 2.26. The molecule has 128 valence electrons. The fourth-order valence-corrected chi connectivity index (χ4v) is 2.46. The lowest BCUT2D eigenvalue weighted by Crippen LogP contribution is -2.24. The van der Waals surface area contributed by atoms with Gasteiger partial charge in [0.15, 0.2) is 5.75 Å². The Kier molecular flexibility index (Phi) is 9.52. The van der Waals surface area contributed by atoms with Gasteiger partial charge in [0.2, 0.25) is 6.41 Å². The zero-order valence-corrected chi connectivity index (χ0v) is 13.9. The van der Waals surface area contributed by atoms with Gasteiger partial charge in [-0.1, -0.05) is 57.9 Å². The molecule has 1 aromatic carbocycles. The first-order valence-corrected chi connectivity index (χ1v) is 8.51. The van der Waals surface area contributed by atoms with Gasteiger partial charge in [-0.05, 0) is 18.6 Å². The Morgan fingerprint density at radius 2 is 1.74 bits per heavy atom. The number of carbonyl (C=O) groups excluding carboxylic acids is 2. The van der Waals surface area contributed by atoms with E-state index >= 15 is 0 Å². The second-order valence-corrected chi connectivity index (χ2v) is 5.69. The molecule has 1 rings (SSSR count). The molecule has 2 amide bonds. The van der Waals surface area contributed by atoms with Crippen molar-refractivity contribution >= 4 is 18.0 Å². The van der Waals surface area contributed by atoms with Crippen molar-refractivity contribution in [3.8, 4) is 5.75 Å².